The maximum absolute atomic E-state index is 12.6. The zero-order valence-electron chi connectivity index (χ0n) is 14.5. The number of benzene rings is 2. The fraction of sp³-hybridized carbons (Fsp3) is 0.300. The summed E-state index contributed by atoms with van der Waals surface area (Å²) in [6, 6.07) is 13.0. The molecule has 0 aromatic heterocycles. The summed E-state index contributed by atoms with van der Waals surface area (Å²) in [5, 5.41) is 5.89. The van der Waals surface area contributed by atoms with Crippen molar-refractivity contribution in [2.75, 3.05) is 11.9 Å². The van der Waals surface area contributed by atoms with Crippen molar-refractivity contribution in [3.8, 4) is 5.75 Å². The van der Waals surface area contributed by atoms with Gasteiger partial charge in [0, 0.05) is 12.1 Å². The number of ether oxygens (including phenoxy) is 1. The van der Waals surface area contributed by atoms with Crippen molar-refractivity contribution in [1.82, 2.24) is 5.32 Å². The first-order valence-corrected chi connectivity index (χ1v) is 8.54. The van der Waals surface area contributed by atoms with E-state index in [0.29, 0.717) is 24.3 Å². The van der Waals surface area contributed by atoms with Crippen molar-refractivity contribution < 1.29 is 14.3 Å². The predicted molar refractivity (Wildman–Crippen MR) is 96.9 cm³/mol. The Morgan fingerprint density at radius 1 is 1.24 bits per heavy atom. The number of nitrogens with one attached hydrogen (secondary N) is 2. The summed E-state index contributed by atoms with van der Waals surface area (Å²) in [6.07, 6.45) is 1.22. The molecule has 5 nitrogen and oxygen atoms in total. The van der Waals surface area contributed by atoms with Gasteiger partial charge in [-0.2, -0.15) is 0 Å². The zero-order valence-corrected chi connectivity index (χ0v) is 14.5. The molecule has 0 fully saturated rings. The van der Waals surface area contributed by atoms with Crippen LogP contribution in [0.5, 0.6) is 5.75 Å². The monoisotopic (exact) mass is 338 g/mol. The Bertz CT molecular complexity index is 801. The third kappa shape index (κ3) is 3.82. The highest BCUT2D eigenvalue weighted by molar-refractivity contribution is 5.97. The summed E-state index contributed by atoms with van der Waals surface area (Å²) in [6.45, 7) is 4.35. The standard InChI is InChI=1S/C20H22N2O3/c1-3-25-18-7-5-4-6-16(18)20(24)21-13(2)14-8-10-17-15(12-14)9-11-19(23)22-17/h4-8,10,12-13H,3,9,11H2,1-2H3,(H,21,24)(H,22,23). The molecule has 1 atom stereocenters. The normalized spacial score (nSPS) is 14.2. The molecule has 25 heavy (non-hydrogen) atoms. The van der Waals surface area contributed by atoms with Crippen LogP contribution >= 0.6 is 0 Å². The van der Waals surface area contributed by atoms with E-state index in [1.165, 1.54) is 0 Å². The van der Waals surface area contributed by atoms with Gasteiger partial charge in [-0.15, -0.1) is 0 Å². The van der Waals surface area contributed by atoms with Crippen LogP contribution in [0.4, 0.5) is 5.69 Å². The third-order valence-corrected chi connectivity index (χ3v) is 4.30. The number of hydrogen-bond donors (Lipinski definition) is 2. The van der Waals surface area contributed by atoms with Crippen LogP contribution in [0.25, 0.3) is 0 Å². The number of anilines is 1. The molecule has 2 aromatic carbocycles. The molecule has 130 valence electrons. The van der Waals surface area contributed by atoms with Crippen LogP contribution in [-0.4, -0.2) is 18.4 Å². The lowest BCUT2D eigenvalue weighted by atomic mass is 9.97. The third-order valence-electron chi connectivity index (χ3n) is 4.30. The number of amides is 2. The van der Waals surface area contributed by atoms with Crippen LogP contribution in [0.2, 0.25) is 0 Å². The second-order valence-electron chi connectivity index (χ2n) is 6.09. The van der Waals surface area contributed by atoms with E-state index in [0.717, 1.165) is 23.2 Å². The predicted octanol–water partition coefficient (Wildman–Crippen LogP) is 3.46. The lowest BCUT2D eigenvalue weighted by Gasteiger charge is -2.21. The zero-order chi connectivity index (χ0) is 17.8. The first kappa shape index (κ1) is 17.0. The Hall–Kier alpha value is -2.82. The summed E-state index contributed by atoms with van der Waals surface area (Å²) in [4.78, 5) is 24.1. The molecule has 0 radical (unpaired) electrons. The number of rotatable bonds is 5. The molecular formula is C20H22N2O3. The van der Waals surface area contributed by atoms with Gasteiger partial charge in [-0.3, -0.25) is 9.59 Å². The van der Waals surface area contributed by atoms with Gasteiger partial charge in [-0.1, -0.05) is 24.3 Å². The molecule has 1 heterocycles. The van der Waals surface area contributed by atoms with Crippen molar-refractivity contribution in [3.05, 3.63) is 59.2 Å². The summed E-state index contributed by atoms with van der Waals surface area (Å²) in [5.74, 6) is 0.472. The molecule has 0 saturated carbocycles. The van der Waals surface area contributed by atoms with Crippen molar-refractivity contribution in [1.29, 1.82) is 0 Å². The fourth-order valence-corrected chi connectivity index (χ4v) is 2.97. The first-order chi connectivity index (χ1) is 12.1. The molecule has 0 bridgehead atoms. The molecule has 0 spiro atoms. The van der Waals surface area contributed by atoms with Gasteiger partial charge in [-0.05, 0) is 49.6 Å². The quantitative estimate of drug-likeness (QED) is 0.877. The van der Waals surface area contributed by atoms with E-state index in [4.69, 9.17) is 4.74 Å². The maximum Gasteiger partial charge on any atom is 0.255 e. The van der Waals surface area contributed by atoms with Crippen LogP contribution in [0.1, 0.15) is 47.8 Å². The molecule has 2 amide bonds. The Labute approximate surface area is 147 Å². The summed E-state index contributed by atoms with van der Waals surface area (Å²) in [7, 11) is 0. The number of para-hydroxylation sites is 1. The van der Waals surface area contributed by atoms with Crippen molar-refractivity contribution in [3.63, 3.8) is 0 Å². The Morgan fingerprint density at radius 3 is 2.84 bits per heavy atom. The van der Waals surface area contributed by atoms with Gasteiger partial charge in [0.25, 0.3) is 5.91 Å². The molecule has 5 heteroatoms. The second-order valence-corrected chi connectivity index (χ2v) is 6.09. The van der Waals surface area contributed by atoms with Crippen molar-refractivity contribution >= 4 is 17.5 Å². The lowest BCUT2D eigenvalue weighted by molar-refractivity contribution is -0.116. The van der Waals surface area contributed by atoms with Gasteiger partial charge in [0.1, 0.15) is 5.75 Å². The lowest BCUT2D eigenvalue weighted by Crippen LogP contribution is -2.27. The highest BCUT2D eigenvalue weighted by Gasteiger charge is 2.18. The van der Waals surface area contributed by atoms with Crippen LogP contribution in [-0.2, 0) is 11.2 Å². The first-order valence-electron chi connectivity index (χ1n) is 8.54. The molecule has 1 aliphatic heterocycles. The Balaban J connectivity index is 1.75. The van der Waals surface area contributed by atoms with E-state index < -0.39 is 0 Å². The van der Waals surface area contributed by atoms with Gasteiger partial charge in [0.05, 0.1) is 18.2 Å². The number of hydrogen-bond acceptors (Lipinski definition) is 3. The van der Waals surface area contributed by atoms with E-state index >= 15 is 0 Å². The number of fused-ring (bicyclic) bond motifs is 1. The van der Waals surface area contributed by atoms with Crippen LogP contribution in [0.15, 0.2) is 42.5 Å². The number of carbonyl (C=O) groups is 2. The second kappa shape index (κ2) is 7.38. The van der Waals surface area contributed by atoms with Crippen LogP contribution in [0.3, 0.4) is 0 Å². The molecule has 2 aromatic rings. The molecule has 3 rings (SSSR count). The van der Waals surface area contributed by atoms with E-state index in [9.17, 15) is 9.59 Å². The Morgan fingerprint density at radius 2 is 2.04 bits per heavy atom. The van der Waals surface area contributed by atoms with Crippen LogP contribution in [0, 0.1) is 0 Å². The summed E-state index contributed by atoms with van der Waals surface area (Å²) < 4.78 is 5.53. The van der Waals surface area contributed by atoms with Gasteiger partial charge in [0.2, 0.25) is 5.91 Å². The van der Waals surface area contributed by atoms with Crippen molar-refractivity contribution in [2.24, 2.45) is 0 Å². The minimum Gasteiger partial charge on any atom is -0.493 e. The van der Waals surface area contributed by atoms with E-state index in [1.807, 2.05) is 44.2 Å². The van der Waals surface area contributed by atoms with Crippen molar-refractivity contribution in [2.45, 2.75) is 32.7 Å². The Kier molecular flexibility index (Phi) is 5.03. The van der Waals surface area contributed by atoms with E-state index in [-0.39, 0.29) is 17.9 Å². The smallest absolute Gasteiger partial charge is 0.255 e. The SMILES string of the molecule is CCOc1ccccc1C(=O)NC(C)c1ccc2c(c1)CCC(=O)N2. The minimum atomic E-state index is -0.164. The minimum absolute atomic E-state index is 0.0501. The molecule has 1 aliphatic rings. The molecule has 0 saturated heterocycles. The van der Waals surface area contributed by atoms with Crippen LogP contribution < -0.4 is 15.4 Å². The van der Waals surface area contributed by atoms with Gasteiger partial charge in [-0.25, -0.2) is 0 Å². The fourth-order valence-electron chi connectivity index (χ4n) is 2.97. The van der Waals surface area contributed by atoms with Gasteiger partial charge in [0.15, 0.2) is 0 Å². The maximum atomic E-state index is 12.6. The number of carbonyl (C=O) groups excluding carboxylic acids is 2. The van der Waals surface area contributed by atoms with E-state index in [1.54, 1.807) is 12.1 Å². The van der Waals surface area contributed by atoms with Gasteiger partial charge >= 0.3 is 0 Å². The molecule has 1 unspecified atom stereocenters. The molecule has 2 N–H and O–H groups in total. The topological polar surface area (TPSA) is 67.4 Å². The summed E-state index contributed by atoms with van der Waals surface area (Å²) >= 11 is 0. The molecule has 0 aliphatic carbocycles. The van der Waals surface area contributed by atoms with E-state index in [2.05, 4.69) is 10.6 Å². The average molecular weight is 338 g/mol. The largest absolute Gasteiger partial charge is 0.493 e. The van der Waals surface area contributed by atoms with Gasteiger partial charge < -0.3 is 15.4 Å². The average Bonchev–Trinajstić information content (AvgIpc) is 2.61. The number of aryl methyl sites for hydroxylation is 1. The highest BCUT2D eigenvalue weighted by Crippen LogP contribution is 2.26. The summed E-state index contributed by atoms with van der Waals surface area (Å²) in [5.41, 5.74) is 3.51. The molecular weight excluding hydrogens is 316 g/mol. The highest BCUT2D eigenvalue weighted by atomic mass is 16.5.